The van der Waals surface area contributed by atoms with Crippen LogP contribution in [0.1, 0.15) is 16.1 Å². The normalized spacial score (nSPS) is 10.0. The van der Waals surface area contributed by atoms with Gasteiger partial charge in [0.1, 0.15) is 5.76 Å². The van der Waals surface area contributed by atoms with Crippen LogP contribution in [0.4, 0.5) is 19.3 Å². The average Bonchev–Trinajstić information content (AvgIpc) is 3.00. The number of halogens is 2. The van der Waals surface area contributed by atoms with Gasteiger partial charge in [-0.15, -0.1) is 0 Å². The van der Waals surface area contributed by atoms with Crippen LogP contribution in [-0.4, -0.2) is 24.4 Å². The number of aryl methyl sites for hydroxylation is 1. The molecular formula is C15H14F2N4O4. The lowest BCUT2D eigenvalue weighted by atomic mass is 10.2. The van der Waals surface area contributed by atoms with Crippen LogP contribution >= 0.6 is 0 Å². The molecule has 1 heterocycles. The van der Waals surface area contributed by atoms with Crippen molar-refractivity contribution >= 4 is 23.5 Å². The van der Waals surface area contributed by atoms with E-state index < -0.39 is 36.0 Å². The maximum Gasteiger partial charge on any atom is 0.333 e. The van der Waals surface area contributed by atoms with Gasteiger partial charge in [-0.1, -0.05) is 0 Å². The van der Waals surface area contributed by atoms with Crippen LogP contribution in [0, 0.1) is 18.6 Å². The van der Waals surface area contributed by atoms with Gasteiger partial charge in [-0.2, -0.15) is 0 Å². The maximum absolute atomic E-state index is 13.0. The minimum absolute atomic E-state index is 0.0369. The van der Waals surface area contributed by atoms with Gasteiger partial charge in [-0.05, 0) is 25.1 Å². The second-order valence-electron chi connectivity index (χ2n) is 4.83. The fourth-order valence-corrected chi connectivity index (χ4v) is 1.79. The van der Waals surface area contributed by atoms with E-state index in [0.29, 0.717) is 5.76 Å². The van der Waals surface area contributed by atoms with E-state index in [1.54, 1.807) is 6.92 Å². The van der Waals surface area contributed by atoms with Crippen LogP contribution in [0.5, 0.6) is 0 Å². The number of anilines is 1. The van der Waals surface area contributed by atoms with E-state index >= 15 is 0 Å². The van der Waals surface area contributed by atoms with E-state index in [9.17, 15) is 23.2 Å². The van der Waals surface area contributed by atoms with Crippen molar-refractivity contribution in [1.29, 1.82) is 0 Å². The Bertz CT molecular complexity index is 807. The summed E-state index contributed by atoms with van der Waals surface area (Å²) in [6.07, 6.45) is 1.33. The molecule has 25 heavy (non-hydrogen) atoms. The lowest BCUT2D eigenvalue weighted by Crippen LogP contribution is -2.48. The summed E-state index contributed by atoms with van der Waals surface area (Å²) < 4.78 is 30.7. The lowest BCUT2D eigenvalue weighted by molar-refractivity contribution is -0.115. The van der Waals surface area contributed by atoms with Crippen LogP contribution in [0.3, 0.4) is 0 Å². The predicted molar refractivity (Wildman–Crippen MR) is 82.4 cm³/mol. The number of hydrogen-bond donors (Lipinski definition) is 4. The molecule has 0 unspecified atom stereocenters. The van der Waals surface area contributed by atoms with Gasteiger partial charge in [0.05, 0.1) is 18.4 Å². The average molecular weight is 352 g/mol. The quantitative estimate of drug-likeness (QED) is 0.624. The molecule has 8 nitrogen and oxygen atoms in total. The zero-order chi connectivity index (χ0) is 18.4. The Morgan fingerprint density at radius 2 is 1.84 bits per heavy atom. The van der Waals surface area contributed by atoms with Gasteiger partial charge in [-0.25, -0.2) is 19.0 Å². The Hall–Kier alpha value is -3.43. The van der Waals surface area contributed by atoms with Gasteiger partial charge in [-0.3, -0.25) is 15.0 Å². The second kappa shape index (κ2) is 7.90. The van der Waals surface area contributed by atoms with Gasteiger partial charge >= 0.3 is 6.03 Å². The summed E-state index contributed by atoms with van der Waals surface area (Å²) in [6.45, 7) is 1.13. The number of carbonyl (C=O) groups is 3. The van der Waals surface area contributed by atoms with E-state index in [2.05, 4.69) is 21.5 Å². The Labute approximate surface area is 140 Å². The molecule has 0 aliphatic heterocycles. The highest BCUT2D eigenvalue weighted by molar-refractivity contribution is 5.97. The fourth-order valence-electron chi connectivity index (χ4n) is 1.79. The number of nitrogens with one attached hydrogen (secondary N) is 4. The largest absolute Gasteiger partial charge is 0.469 e. The zero-order valence-corrected chi connectivity index (χ0v) is 13.0. The molecule has 4 amide bonds. The minimum atomic E-state index is -1.11. The Morgan fingerprint density at radius 3 is 2.48 bits per heavy atom. The van der Waals surface area contributed by atoms with Crippen LogP contribution < -0.4 is 21.5 Å². The molecule has 0 saturated heterocycles. The van der Waals surface area contributed by atoms with Crippen LogP contribution in [-0.2, 0) is 4.79 Å². The number of hydrogen-bond acceptors (Lipinski definition) is 4. The van der Waals surface area contributed by atoms with E-state index in [1.165, 1.54) is 18.4 Å². The van der Waals surface area contributed by atoms with Crippen molar-refractivity contribution in [2.24, 2.45) is 0 Å². The summed E-state index contributed by atoms with van der Waals surface area (Å²) in [5, 5.41) is 4.45. The van der Waals surface area contributed by atoms with Crippen molar-refractivity contribution in [2.45, 2.75) is 6.92 Å². The molecule has 0 saturated carbocycles. The predicted octanol–water partition coefficient (Wildman–Crippen LogP) is 1.45. The highest BCUT2D eigenvalue weighted by Crippen LogP contribution is 2.12. The fraction of sp³-hybridized carbons (Fsp3) is 0.133. The second-order valence-corrected chi connectivity index (χ2v) is 4.83. The third-order valence-corrected chi connectivity index (χ3v) is 3.01. The molecule has 0 radical (unpaired) electrons. The molecule has 10 heteroatoms. The molecule has 0 fully saturated rings. The first-order chi connectivity index (χ1) is 11.9. The van der Waals surface area contributed by atoms with Gasteiger partial charge in [0.25, 0.3) is 5.91 Å². The van der Waals surface area contributed by atoms with Crippen LogP contribution in [0.2, 0.25) is 0 Å². The lowest BCUT2D eigenvalue weighted by Gasteiger charge is -2.09. The maximum atomic E-state index is 13.0. The van der Waals surface area contributed by atoms with Gasteiger partial charge in [0.15, 0.2) is 11.6 Å². The molecule has 0 spiro atoms. The molecule has 132 valence electrons. The number of urea groups is 1. The monoisotopic (exact) mass is 352 g/mol. The van der Waals surface area contributed by atoms with Crippen molar-refractivity contribution in [2.75, 3.05) is 11.9 Å². The highest BCUT2D eigenvalue weighted by atomic mass is 19.2. The summed E-state index contributed by atoms with van der Waals surface area (Å²) in [7, 11) is 0. The molecule has 0 aliphatic carbocycles. The Balaban J connectivity index is 1.74. The number of benzene rings is 1. The molecule has 0 atom stereocenters. The SMILES string of the molecule is Cc1occc1C(=O)NNC(=O)NCC(=O)Nc1ccc(F)c(F)c1. The molecule has 1 aromatic carbocycles. The van der Waals surface area contributed by atoms with E-state index in [4.69, 9.17) is 4.42 Å². The number of hydrazine groups is 1. The van der Waals surface area contributed by atoms with Crippen molar-refractivity contribution in [3.63, 3.8) is 0 Å². The van der Waals surface area contributed by atoms with Crippen LogP contribution in [0.25, 0.3) is 0 Å². The van der Waals surface area contributed by atoms with Gasteiger partial charge in [0, 0.05) is 11.8 Å². The molecular weight excluding hydrogens is 338 g/mol. The molecule has 0 bridgehead atoms. The minimum Gasteiger partial charge on any atom is -0.469 e. The van der Waals surface area contributed by atoms with Gasteiger partial charge in [0.2, 0.25) is 5.91 Å². The Kier molecular flexibility index (Phi) is 5.66. The molecule has 2 aromatic rings. The summed E-state index contributed by atoms with van der Waals surface area (Å²) in [4.78, 5) is 34.8. The molecule has 2 rings (SSSR count). The summed E-state index contributed by atoms with van der Waals surface area (Å²) in [6, 6.07) is 3.43. The summed E-state index contributed by atoms with van der Waals surface area (Å²) in [5.74, 6) is -3.03. The standard InChI is InChI=1S/C15H14F2N4O4/c1-8-10(4-5-25-8)14(23)20-21-15(24)18-7-13(22)19-9-2-3-11(16)12(17)6-9/h2-6H,7H2,1H3,(H,19,22)(H,20,23)(H2,18,21,24). The first-order valence-electron chi connectivity index (χ1n) is 7.00. The summed E-state index contributed by atoms with van der Waals surface area (Å²) in [5.41, 5.74) is 4.47. The van der Waals surface area contributed by atoms with E-state index in [0.717, 1.165) is 12.1 Å². The number of furan rings is 1. The zero-order valence-electron chi connectivity index (χ0n) is 13.0. The third-order valence-electron chi connectivity index (χ3n) is 3.01. The third kappa shape index (κ3) is 5.03. The highest BCUT2D eigenvalue weighted by Gasteiger charge is 2.12. The Morgan fingerprint density at radius 1 is 1.08 bits per heavy atom. The van der Waals surface area contributed by atoms with Crippen molar-refractivity contribution < 1.29 is 27.6 Å². The van der Waals surface area contributed by atoms with Crippen molar-refractivity contribution in [3.05, 3.63) is 53.5 Å². The number of amides is 4. The van der Waals surface area contributed by atoms with E-state index in [-0.39, 0.29) is 11.3 Å². The van der Waals surface area contributed by atoms with Gasteiger partial charge < -0.3 is 15.1 Å². The first-order valence-corrected chi connectivity index (χ1v) is 7.00. The molecule has 1 aromatic heterocycles. The molecule has 4 N–H and O–H groups in total. The van der Waals surface area contributed by atoms with Crippen molar-refractivity contribution in [3.8, 4) is 0 Å². The van der Waals surface area contributed by atoms with E-state index in [1.807, 2.05) is 0 Å². The topological polar surface area (TPSA) is 112 Å². The smallest absolute Gasteiger partial charge is 0.333 e. The molecule has 0 aliphatic rings. The summed E-state index contributed by atoms with van der Waals surface area (Å²) >= 11 is 0. The van der Waals surface area contributed by atoms with Crippen LogP contribution in [0.15, 0.2) is 34.9 Å². The van der Waals surface area contributed by atoms with Crippen molar-refractivity contribution in [1.82, 2.24) is 16.2 Å². The first kappa shape index (κ1) is 17.9. The number of rotatable bonds is 4. The number of carbonyl (C=O) groups excluding carboxylic acids is 3.